The number of amides is 1. The number of rotatable bonds is 8. The number of unbranched alkanes of at least 4 members (excludes halogenated alkanes) is 1. The number of Topliss-reactive ketones (excluding diaryl/α,β-unsaturated/α-hetero) is 1. The number of carbonyl (C=O) groups excluding carboxylic acids is 2. The smallest absolute Gasteiger partial charge is 0.408 e. The Balaban J connectivity index is 4.67. The quantitative estimate of drug-likeness (QED) is 0.549. The summed E-state index contributed by atoms with van der Waals surface area (Å²) in [5, 5.41) is 2.60. The Bertz CT molecular complexity index is 344. The van der Waals surface area contributed by atoms with Crippen LogP contribution in [0.25, 0.3) is 0 Å². The van der Waals surface area contributed by atoms with Crippen LogP contribution in [0.15, 0.2) is 12.3 Å². The molecule has 0 spiro atoms. The van der Waals surface area contributed by atoms with Crippen molar-refractivity contribution in [2.24, 2.45) is 0 Å². The summed E-state index contributed by atoms with van der Waals surface area (Å²) in [6.07, 6.45) is 1.70. The monoisotopic (exact) mass is 285 g/mol. The molecule has 5 heteroatoms. The molecule has 0 saturated carbocycles. The summed E-state index contributed by atoms with van der Waals surface area (Å²) < 4.78 is 10.3. The molecule has 0 radical (unpaired) electrons. The minimum atomic E-state index is -0.649. The molecule has 1 amide bonds. The fraction of sp³-hybridized carbons (Fsp3) is 0.733. The highest BCUT2D eigenvalue weighted by atomic mass is 16.6. The van der Waals surface area contributed by atoms with Crippen molar-refractivity contribution < 1.29 is 19.1 Å². The molecule has 20 heavy (non-hydrogen) atoms. The van der Waals surface area contributed by atoms with Gasteiger partial charge in [-0.25, -0.2) is 4.79 Å². The average Bonchev–Trinajstić information content (AvgIpc) is 2.31. The second-order valence-corrected chi connectivity index (χ2v) is 5.56. The van der Waals surface area contributed by atoms with E-state index in [1.165, 1.54) is 0 Å². The minimum Gasteiger partial charge on any atom is -0.491 e. The summed E-state index contributed by atoms with van der Waals surface area (Å²) in [6, 6.07) is -0.649. The van der Waals surface area contributed by atoms with Gasteiger partial charge in [-0.05, 0) is 34.1 Å². The molecule has 0 aliphatic carbocycles. The van der Waals surface area contributed by atoms with Crippen LogP contribution in [0.4, 0.5) is 4.79 Å². The summed E-state index contributed by atoms with van der Waals surface area (Å²) in [4.78, 5) is 23.9. The van der Waals surface area contributed by atoms with Crippen molar-refractivity contribution in [3.05, 3.63) is 12.3 Å². The second-order valence-electron chi connectivity index (χ2n) is 5.56. The van der Waals surface area contributed by atoms with Gasteiger partial charge in [0.2, 0.25) is 5.78 Å². The summed E-state index contributed by atoms with van der Waals surface area (Å²) in [5.41, 5.74) is -0.598. The second kappa shape index (κ2) is 8.61. The fourth-order valence-corrected chi connectivity index (χ4v) is 1.57. The summed E-state index contributed by atoms with van der Waals surface area (Å²) in [6.45, 7) is 13.1. The van der Waals surface area contributed by atoms with Crippen LogP contribution in [0.2, 0.25) is 0 Å². The van der Waals surface area contributed by atoms with E-state index in [9.17, 15) is 9.59 Å². The van der Waals surface area contributed by atoms with E-state index in [1.54, 1.807) is 27.7 Å². The van der Waals surface area contributed by atoms with Crippen LogP contribution >= 0.6 is 0 Å². The van der Waals surface area contributed by atoms with Gasteiger partial charge in [0, 0.05) is 0 Å². The zero-order valence-corrected chi connectivity index (χ0v) is 13.2. The van der Waals surface area contributed by atoms with Crippen LogP contribution in [0.5, 0.6) is 0 Å². The van der Waals surface area contributed by atoms with Crippen molar-refractivity contribution in [2.75, 3.05) is 6.61 Å². The van der Waals surface area contributed by atoms with Gasteiger partial charge in [-0.2, -0.15) is 0 Å². The maximum absolute atomic E-state index is 12.1. The number of ether oxygens (including phenoxy) is 2. The summed E-state index contributed by atoms with van der Waals surface area (Å²) in [7, 11) is 0. The van der Waals surface area contributed by atoms with Gasteiger partial charge < -0.3 is 14.8 Å². The maximum Gasteiger partial charge on any atom is 0.408 e. The Hall–Kier alpha value is -1.52. The Morgan fingerprint density at radius 3 is 2.30 bits per heavy atom. The number of hydrogen-bond acceptors (Lipinski definition) is 4. The lowest BCUT2D eigenvalue weighted by Gasteiger charge is -2.23. The van der Waals surface area contributed by atoms with E-state index in [0.29, 0.717) is 13.0 Å². The SMILES string of the molecule is C=C(OCC)C(=O)C(CCCC)NC(=O)OC(C)(C)C. The number of ketones is 1. The number of hydrogen-bond donors (Lipinski definition) is 1. The normalized spacial score (nSPS) is 12.4. The molecular weight excluding hydrogens is 258 g/mol. The molecule has 1 atom stereocenters. The Labute approximate surface area is 121 Å². The van der Waals surface area contributed by atoms with Gasteiger partial charge in [-0.3, -0.25) is 4.79 Å². The van der Waals surface area contributed by atoms with Crippen molar-refractivity contribution in [1.82, 2.24) is 5.32 Å². The molecule has 1 N–H and O–H groups in total. The van der Waals surface area contributed by atoms with Gasteiger partial charge in [0.1, 0.15) is 5.60 Å². The highest BCUT2D eigenvalue weighted by Gasteiger charge is 2.26. The highest BCUT2D eigenvalue weighted by Crippen LogP contribution is 2.11. The van der Waals surface area contributed by atoms with Crippen molar-refractivity contribution in [1.29, 1.82) is 0 Å². The molecule has 0 aromatic heterocycles. The Kier molecular flexibility index (Phi) is 7.96. The highest BCUT2D eigenvalue weighted by molar-refractivity contribution is 5.98. The molecule has 0 aromatic rings. The van der Waals surface area contributed by atoms with E-state index in [1.807, 2.05) is 6.92 Å². The lowest BCUT2D eigenvalue weighted by atomic mass is 10.0. The largest absolute Gasteiger partial charge is 0.491 e. The predicted octanol–water partition coefficient (Wildman–Crippen LogP) is 3.19. The van der Waals surface area contributed by atoms with Gasteiger partial charge in [-0.15, -0.1) is 0 Å². The predicted molar refractivity (Wildman–Crippen MR) is 78.5 cm³/mol. The van der Waals surface area contributed by atoms with Crippen molar-refractivity contribution in [2.45, 2.75) is 65.5 Å². The topological polar surface area (TPSA) is 64.6 Å². The maximum atomic E-state index is 12.1. The van der Waals surface area contributed by atoms with E-state index < -0.39 is 17.7 Å². The standard InChI is InChI=1S/C15H27NO4/c1-7-9-10-12(13(17)11(3)19-8-2)16-14(18)20-15(4,5)6/h12H,3,7-10H2,1-2,4-6H3,(H,16,18). The van der Waals surface area contributed by atoms with Gasteiger partial charge in [0.15, 0.2) is 5.76 Å². The third-order valence-corrected chi connectivity index (χ3v) is 2.45. The lowest BCUT2D eigenvalue weighted by Crippen LogP contribution is -2.44. The Morgan fingerprint density at radius 1 is 1.25 bits per heavy atom. The van der Waals surface area contributed by atoms with Gasteiger partial charge >= 0.3 is 6.09 Å². The van der Waals surface area contributed by atoms with Crippen molar-refractivity contribution in [3.63, 3.8) is 0 Å². The van der Waals surface area contributed by atoms with Crippen molar-refractivity contribution in [3.8, 4) is 0 Å². The van der Waals surface area contributed by atoms with E-state index in [-0.39, 0.29) is 11.5 Å². The lowest BCUT2D eigenvalue weighted by molar-refractivity contribution is -0.121. The first-order valence-electron chi connectivity index (χ1n) is 7.06. The van der Waals surface area contributed by atoms with Crippen LogP contribution in [0, 0.1) is 0 Å². The van der Waals surface area contributed by atoms with Crippen LogP contribution in [0.1, 0.15) is 53.9 Å². The van der Waals surface area contributed by atoms with Gasteiger partial charge in [0.25, 0.3) is 0 Å². The zero-order valence-electron chi connectivity index (χ0n) is 13.2. The third kappa shape index (κ3) is 7.81. The van der Waals surface area contributed by atoms with Gasteiger partial charge in [-0.1, -0.05) is 26.3 Å². The van der Waals surface area contributed by atoms with Gasteiger partial charge in [0.05, 0.1) is 12.6 Å². The number of carbonyl (C=O) groups is 2. The molecule has 0 rings (SSSR count). The van der Waals surface area contributed by atoms with Crippen molar-refractivity contribution >= 4 is 11.9 Å². The van der Waals surface area contributed by atoms with Crippen LogP contribution in [-0.4, -0.2) is 30.1 Å². The average molecular weight is 285 g/mol. The molecule has 0 aliphatic rings. The van der Waals surface area contributed by atoms with Crippen LogP contribution in [0.3, 0.4) is 0 Å². The summed E-state index contributed by atoms with van der Waals surface area (Å²) in [5.74, 6) is -0.226. The molecule has 116 valence electrons. The fourth-order valence-electron chi connectivity index (χ4n) is 1.57. The first-order valence-corrected chi connectivity index (χ1v) is 7.06. The molecular formula is C15H27NO4. The van der Waals surface area contributed by atoms with E-state index >= 15 is 0 Å². The van der Waals surface area contributed by atoms with Crippen LogP contribution < -0.4 is 5.32 Å². The molecule has 0 fully saturated rings. The van der Waals surface area contributed by atoms with E-state index in [4.69, 9.17) is 9.47 Å². The third-order valence-electron chi connectivity index (χ3n) is 2.45. The molecule has 5 nitrogen and oxygen atoms in total. The number of alkyl carbamates (subject to hydrolysis) is 1. The molecule has 1 unspecified atom stereocenters. The Morgan fingerprint density at radius 2 is 1.85 bits per heavy atom. The first-order chi connectivity index (χ1) is 9.21. The number of nitrogens with one attached hydrogen (secondary N) is 1. The molecule has 0 bridgehead atoms. The van der Waals surface area contributed by atoms with E-state index in [0.717, 1.165) is 12.8 Å². The molecule has 0 heterocycles. The minimum absolute atomic E-state index is 0.0738. The van der Waals surface area contributed by atoms with E-state index in [2.05, 4.69) is 11.9 Å². The molecule has 0 aliphatic heterocycles. The molecule has 0 saturated heterocycles. The molecule has 0 aromatic carbocycles. The van der Waals surface area contributed by atoms with Crippen LogP contribution in [-0.2, 0) is 14.3 Å². The summed E-state index contributed by atoms with van der Waals surface area (Å²) >= 11 is 0. The first kappa shape index (κ1) is 18.5. The zero-order chi connectivity index (χ0) is 15.8.